The van der Waals surface area contributed by atoms with Crippen LogP contribution >= 0.6 is 0 Å². The minimum atomic E-state index is -0.206. The minimum Gasteiger partial charge on any atom is -0.398 e. The van der Waals surface area contributed by atoms with Crippen molar-refractivity contribution < 1.29 is 4.79 Å². The first-order valence-corrected chi connectivity index (χ1v) is 11.5. The smallest absolute Gasteiger partial charge is 0.253 e. The Morgan fingerprint density at radius 1 is 1.00 bits per heavy atom. The number of anilines is 3. The maximum Gasteiger partial charge on any atom is 0.253 e. The molecule has 0 aliphatic heterocycles. The summed E-state index contributed by atoms with van der Waals surface area (Å²) in [5.41, 5.74) is 13.1. The van der Waals surface area contributed by atoms with Crippen molar-refractivity contribution >= 4 is 34.8 Å². The van der Waals surface area contributed by atoms with Gasteiger partial charge in [0, 0.05) is 28.8 Å². The lowest BCUT2D eigenvalue weighted by atomic mass is 10.1. The van der Waals surface area contributed by atoms with E-state index in [1.807, 2.05) is 68.4 Å². The van der Waals surface area contributed by atoms with Crippen molar-refractivity contribution in [1.29, 1.82) is 5.41 Å². The van der Waals surface area contributed by atoms with E-state index in [4.69, 9.17) is 11.1 Å². The Kier molecular flexibility index (Phi) is 7.51. The number of aromatic nitrogens is 2. The molecule has 2 aromatic heterocycles. The highest BCUT2D eigenvalue weighted by Crippen LogP contribution is 2.25. The quantitative estimate of drug-likeness (QED) is 0.200. The number of carbonyl (C=O) groups excluding carboxylic acids is 1. The zero-order chi connectivity index (χ0) is 25.5. The molecule has 5 N–H and O–H groups in total. The maximum atomic E-state index is 12.9. The first-order valence-electron chi connectivity index (χ1n) is 11.5. The SMILES string of the molecule is Cc1ccnc(/C=C/C(=N)c2ccc(Nc3ccccc3C(=O)NCc3cccc(C)n3)cc2N)c1. The molecule has 4 aromatic rings. The molecule has 2 heterocycles. The standard InChI is InChI=1S/C29H28N6O/c1-19-14-15-32-21(16-19)11-13-26(30)24-12-10-22(17-27(24)31)35-28-9-4-3-8-25(28)29(36)33-18-23-7-5-6-20(2)34-23/h3-17,30,35H,18,31H2,1-2H3,(H,33,36)/b13-11+,30-26?. The lowest BCUT2D eigenvalue weighted by Crippen LogP contribution is -2.24. The molecule has 7 nitrogen and oxygen atoms in total. The van der Waals surface area contributed by atoms with Crippen LogP contribution in [0.2, 0.25) is 0 Å². The van der Waals surface area contributed by atoms with Crippen LogP contribution < -0.4 is 16.4 Å². The summed E-state index contributed by atoms with van der Waals surface area (Å²) in [6, 6.07) is 22.3. The number of hydrogen-bond acceptors (Lipinski definition) is 6. The first kappa shape index (κ1) is 24.3. The number of amides is 1. The van der Waals surface area contributed by atoms with Crippen LogP contribution in [0.15, 0.2) is 85.1 Å². The van der Waals surface area contributed by atoms with Gasteiger partial charge in [0.2, 0.25) is 0 Å². The van der Waals surface area contributed by atoms with E-state index in [1.54, 1.807) is 36.5 Å². The molecule has 0 saturated carbocycles. The average Bonchev–Trinajstić information content (AvgIpc) is 2.86. The van der Waals surface area contributed by atoms with Crippen molar-refractivity contribution in [2.75, 3.05) is 11.1 Å². The molecular weight excluding hydrogens is 448 g/mol. The Morgan fingerprint density at radius 2 is 1.83 bits per heavy atom. The topological polar surface area (TPSA) is 117 Å². The van der Waals surface area contributed by atoms with Gasteiger partial charge in [0.25, 0.3) is 5.91 Å². The van der Waals surface area contributed by atoms with Crippen LogP contribution in [0.1, 0.15) is 38.6 Å². The highest BCUT2D eigenvalue weighted by molar-refractivity contribution is 6.12. The molecule has 0 saturated heterocycles. The van der Waals surface area contributed by atoms with E-state index in [2.05, 4.69) is 20.6 Å². The van der Waals surface area contributed by atoms with Crippen molar-refractivity contribution in [3.8, 4) is 0 Å². The van der Waals surface area contributed by atoms with Gasteiger partial charge < -0.3 is 21.8 Å². The lowest BCUT2D eigenvalue weighted by Gasteiger charge is -2.14. The molecule has 1 amide bonds. The zero-order valence-corrected chi connectivity index (χ0v) is 20.2. The molecule has 4 rings (SSSR count). The Labute approximate surface area is 210 Å². The third-order valence-corrected chi connectivity index (χ3v) is 5.53. The Hall–Kier alpha value is -4.78. The Morgan fingerprint density at radius 3 is 2.61 bits per heavy atom. The summed E-state index contributed by atoms with van der Waals surface area (Å²) in [7, 11) is 0. The summed E-state index contributed by atoms with van der Waals surface area (Å²) in [6.07, 6.45) is 5.22. The molecule has 0 aliphatic carbocycles. The number of nitrogens with zero attached hydrogens (tertiary/aromatic N) is 2. The van der Waals surface area contributed by atoms with Crippen LogP contribution in [0.3, 0.4) is 0 Å². The molecule has 0 aliphatic rings. The highest BCUT2D eigenvalue weighted by atomic mass is 16.1. The third-order valence-electron chi connectivity index (χ3n) is 5.53. The number of aryl methyl sites for hydroxylation is 2. The number of nitrogens with one attached hydrogen (secondary N) is 3. The normalized spacial score (nSPS) is 10.8. The van der Waals surface area contributed by atoms with Crippen molar-refractivity contribution in [3.63, 3.8) is 0 Å². The molecule has 0 radical (unpaired) electrons. The second-order valence-electron chi connectivity index (χ2n) is 8.43. The number of benzene rings is 2. The summed E-state index contributed by atoms with van der Waals surface area (Å²) in [5.74, 6) is -0.206. The van der Waals surface area contributed by atoms with Gasteiger partial charge in [-0.05, 0) is 86.2 Å². The Bertz CT molecular complexity index is 1440. The van der Waals surface area contributed by atoms with Gasteiger partial charge in [-0.1, -0.05) is 18.2 Å². The van der Waals surface area contributed by atoms with Crippen LogP contribution in [0, 0.1) is 19.3 Å². The molecule has 36 heavy (non-hydrogen) atoms. The summed E-state index contributed by atoms with van der Waals surface area (Å²) in [5, 5.41) is 14.6. The van der Waals surface area contributed by atoms with Crippen LogP contribution in [0.4, 0.5) is 17.1 Å². The fraction of sp³-hybridized carbons (Fsp3) is 0.103. The van der Waals surface area contributed by atoms with Gasteiger partial charge in [0.05, 0.1) is 34.9 Å². The summed E-state index contributed by atoms with van der Waals surface area (Å²) in [6.45, 7) is 4.25. The van der Waals surface area contributed by atoms with Gasteiger partial charge in [-0.3, -0.25) is 14.8 Å². The average molecular weight is 477 g/mol. The van der Waals surface area contributed by atoms with Crippen molar-refractivity contribution in [1.82, 2.24) is 15.3 Å². The molecule has 0 atom stereocenters. The van der Waals surface area contributed by atoms with Crippen LogP contribution in [0.5, 0.6) is 0 Å². The van der Waals surface area contributed by atoms with E-state index in [9.17, 15) is 4.79 Å². The van der Waals surface area contributed by atoms with Crippen LogP contribution in [-0.4, -0.2) is 21.6 Å². The van der Waals surface area contributed by atoms with Gasteiger partial charge in [-0.15, -0.1) is 0 Å². The molecule has 0 spiro atoms. The van der Waals surface area contributed by atoms with E-state index < -0.39 is 0 Å². The molecule has 0 bridgehead atoms. The molecule has 7 heteroatoms. The highest BCUT2D eigenvalue weighted by Gasteiger charge is 2.12. The second kappa shape index (κ2) is 11.1. The van der Waals surface area contributed by atoms with Gasteiger partial charge in [0.15, 0.2) is 0 Å². The number of pyridine rings is 2. The van der Waals surface area contributed by atoms with Gasteiger partial charge in [-0.25, -0.2) is 0 Å². The number of nitrogens with two attached hydrogens (primary N) is 1. The summed E-state index contributed by atoms with van der Waals surface area (Å²) in [4.78, 5) is 21.6. The maximum absolute atomic E-state index is 12.9. The number of rotatable bonds is 8. The first-order chi connectivity index (χ1) is 17.4. The fourth-order valence-corrected chi connectivity index (χ4v) is 3.70. The summed E-state index contributed by atoms with van der Waals surface area (Å²) >= 11 is 0. The lowest BCUT2D eigenvalue weighted by molar-refractivity contribution is 0.0951. The second-order valence-corrected chi connectivity index (χ2v) is 8.43. The van der Waals surface area contributed by atoms with Gasteiger partial charge in [-0.2, -0.15) is 0 Å². The van der Waals surface area contributed by atoms with E-state index >= 15 is 0 Å². The van der Waals surface area contributed by atoms with Crippen molar-refractivity contribution in [2.45, 2.75) is 20.4 Å². The third kappa shape index (κ3) is 6.21. The minimum absolute atomic E-state index is 0.206. The number of para-hydroxylation sites is 1. The monoisotopic (exact) mass is 476 g/mol. The molecule has 180 valence electrons. The summed E-state index contributed by atoms with van der Waals surface area (Å²) < 4.78 is 0. The van der Waals surface area contributed by atoms with E-state index in [-0.39, 0.29) is 11.6 Å². The number of hydrogen-bond donors (Lipinski definition) is 4. The van der Waals surface area contributed by atoms with Gasteiger partial charge >= 0.3 is 0 Å². The molecule has 0 fully saturated rings. The van der Waals surface area contributed by atoms with Crippen molar-refractivity contribution in [2.24, 2.45) is 0 Å². The predicted molar refractivity (Wildman–Crippen MR) is 146 cm³/mol. The van der Waals surface area contributed by atoms with Gasteiger partial charge in [0.1, 0.15) is 0 Å². The number of allylic oxidation sites excluding steroid dienone is 1. The predicted octanol–water partition coefficient (Wildman–Crippen LogP) is 5.43. The van der Waals surface area contributed by atoms with E-state index in [1.165, 1.54) is 0 Å². The van der Waals surface area contributed by atoms with Crippen LogP contribution in [-0.2, 0) is 6.54 Å². The zero-order valence-electron chi connectivity index (χ0n) is 20.2. The number of carbonyl (C=O) groups is 1. The van der Waals surface area contributed by atoms with Crippen molar-refractivity contribution in [3.05, 3.63) is 119 Å². The molecular formula is C29H28N6O. The van der Waals surface area contributed by atoms with E-state index in [0.29, 0.717) is 34.7 Å². The van der Waals surface area contributed by atoms with E-state index in [0.717, 1.165) is 22.6 Å². The molecule has 0 unspecified atom stereocenters. The Balaban J connectivity index is 1.46. The number of nitrogen functional groups attached to an aromatic ring is 1. The molecule has 2 aromatic carbocycles. The van der Waals surface area contributed by atoms with Crippen LogP contribution in [0.25, 0.3) is 6.08 Å². The fourth-order valence-electron chi connectivity index (χ4n) is 3.70. The largest absolute Gasteiger partial charge is 0.398 e.